The molecule has 1 rings (SSSR count). The highest BCUT2D eigenvalue weighted by Crippen LogP contribution is 2.10. The third-order valence-electron chi connectivity index (χ3n) is 2.57. The molecule has 0 heterocycles. The number of rotatable bonds is 7. The first-order valence-corrected chi connectivity index (χ1v) is 6.05. The number of benzene rings is 1. The molecule has 0 aliphatic carbocycles. The Kier molecular flexibility index (Phi) is 6.09. The Balaban J connectivity index is 2.54. The molecular weight excluding hydrogens is 260 g/mol. The molecule has 0 saturated carbocycles. The van der Waals surface area contributed by atoms with Gasteiger partial charge in [-0.2, -0.15) is 0 Å². The van der Waals surface area contributed by atoms with Crippen LogP contribution in [0.15, 0.2) is 36.9 Å². The third kappa shape index (κ3) is 5.01. The molecule has 0 aromatic heterocycles. The molecular formula is C14H18N2O4. The number of urea groups is 1. The molecule has 0 atom stereocenters. The van der Waals surface area contributed by atoms with Gasteiger partial charge in [0, 0.05) is 13.1 Å². The van der Waals surface area contributed by atoms with Crippen LogP contribution < -0.4 is 10.1 Å². The molecule has 2 N–H and O–H groups in total. The summed E-state index contributed by atoms with van der Waals surface area (Å²) in [7, 11) is 1.58. The molecule has 1 aromatic carbocycles. The molecule has 108 valence electrons. The van der Waals surface area contributed by atoms with E-state index >= 15 is 0 Å². The first kappa shape index (κ1) is 15.6. The van der Waals surface area contributed by atoms with Gasteiger partial charge in [-0.3, -0.25) is 4.79 Å². The molecule has 6 heteroatoms. The zero-order valence-corrected chi connectivity index (χ0v) is 11.3. The Morgan fingerprint density at radius 2 is 2.05 bits per heavy atom. The van der Waals surface area contributed by atoms with Gasteiger partial charge in [0.05, 0.1) is 7.11 Å². The van der Waals surface area contributed by atoms with Gasteiger partial charge in [0.25, 0.3) is 0 Å². The van der Waals surface area contributed by atoms with Gasteiger partial charge in [-0.25, -0.2) is 4.79 Å². The summed E-state index contributed by atoms with van der Waals surface area (Å²) in [5, 5.41) is 11.4. The van der Waals surface area contributed by atoms with Gasteiger partial charge < -0.3 is 20.1 Å². The largest absolute Gasteiger partial charge is 0.497 e. The molecule has 0 aliphatic rings. The van der Waals surface area contributed by atoms with E-state index in [1.165, 1.54) is 11.0 Å². The number of carboxylic acid groups (broad SMARTS) is 1. The number of amides is 2. The number of hydrogen-bond donors (Lipinski definition) is 2. The second kappa shape index (κ2) is 7.83. The lowest BCUT2D eigenvalue weighted by Gasteiger charge is -2.19. The van der Waals surface area contributed by atoms with Crippen molar-refractivity contribution in [1.82, 2.24) is 10.2 Å². The quantitative estimate of drug-likeness (QED) is 0.740. The molecule has 6 nitrogen and oxygen atoms in total. The van der Waals surface area contributed by atoms with Crippen LogP contribution in [0.1, 0.15) is 5.56 Å². The molecule has 20 heavy (non-hydrogen) atoms. The highest BCUT2D eigenvalue weighted by molar-refractivity contribution is 5.80. The second-order valence-electron chi connectivity index (χ2n) is 4.07. The minimum atomic E-state index is -1.06. The van der Waals surface area contributed by atoms with Gasteiger partial charge >= 0.3 is 12.0 Å². The zero-order chi connectivity index (χ0) is 15.0. The lowest BCUT2D eigenvalue weighted by Crippen LogP contribution is -2.42. The third-order valence-corrected chi connectivity index (χ3v) is 2.57. The minimum Gasteiger partial charge on any atom is -0.497 e. The van der Waals surface area contributed by atoms with Gasteiger partial charge in [0.15, 0.2) is 0 Å². The fourth-order valence-electron chi connectivity index (χ4n) is 1.57. The van der Waals surface area contributed by atoms with Crippen molar-refractivity contribution in [2.24, 2.45) is 0 Å². The SMILES string of the molecule is C=CCN(CC(=O)O)C(=O)NCc1ccc(OC)cc1. The van der Waals surface area contributed by atoms with Gasteiger partial charge in [0.2, 0.25) is 0 Å². The van der Waals surface area contributed by atoms with E-state index < -0.39 is 12.0 Å². The molecule has 2 amide bonds. The summed E-state index contributed by atoms with van der Waals surface area (Å²) in [5.41, 5.74) is 0.896. The standard InChI is InChI=1S/C14H18N2O4/c1-3-8-16(10-13(17)18)14(19)15-9-11-4-6-12(20-2)7-5-11/h3-7H,1,8-10H2,2H3,(H,15,19)(H,17,18). The van der Waals surface area contributed by atoms with Crippen LogP contribution in [0.5, 0.6) is 5.75 Å². The highest BCUT2D eigenvalue weighted by atomic mass is 16.5. The zero-order valence-electron chi connectivity index (χ0n) is 11.3. The van der Waals surface area contributed by atoms with E-state index in [4.69, 9.17) is 9.84 Å². The van der Waals surface area contributed by atoms with Crippen LogP contribution in [0.4, 0.5) is 4.79 Å². The molecule has 1 aromatic rings. The van der Waals surface area contributed by atoms with Crippen LogP contribution in [0.25, 0.3) is 0 Å². The van der Waals surface area contributed by atoms with Crippen LogP contribution in [0.2, 0.25) is 0 Å². The maximum Gasteiger partial charge on any atom is 0.323 e. The van der Waals surface area contributed by atoms with Crippen molar-refractivity contribution in [3.8, 4) is 5.75 Å². The number of aliphatic carboxylic acids is 1. The van der Waals surface area contributed by atoms with Crippen LogP contribution in [0, 0.1) is 0 Å². The smallest absolute Gasteiger partial charge is 0.323 e. The minimum absolute atomic E-state index is 0.181. The van der Waals surface area contributed by atoms with Crippen molar-refractivity contribution in [2.75, 3.05) is 20.2 Å². The number of ether oxygens (including phenoxy) is 1. The fraction of sp³-hybridized carbons (Fsp3) is 0.286. The number of carbonyl (C=O) groups is 2. The lowest BCUT2D eigenvalue weighted by atomic mass is 10.2. The maximum absolute atomic E-state index is 11.8. The Morgan fingerprint density at radius 3 is 2.55 bits per heavy atom. The Morgan fingerprint density at radius 1 is 1.40 bits per heavy atom. The van der Waals surface area contributed by atoms with Crippen molar-refractivity contribution in [1.29, 1.82) is 0 Å². The number of nitrogens with zero attached hydrogens (tertiary/aromatic N) is 1. The van der Waals surface area contributed by atoms with Crippen molar-refractivity contribution >= 4 is 12.0 Å². The fourth-order valence-corrected chi connectivity index (χ4v) is 1.57. The normalized spacial score (nSPS) is 9.65. The number of carboxylic acids is 1. The number of nitrogens with one attached hydrogen (secondary N) is 1. The highest BCUT2D eigenvalue weighted by Gasteiger charge is 2.14. The van der Waals surface area contributed by atoms with Crippen LogP contribution >= 0.6 is 0 Å². The lowest BCUT2D eigenvalue weighted by molar-refractivity contribution is -0.137. The molecule has 0 radical (unpaired) electrons. The average molecular weight is 278 g/mol. The molecule has 0 aliphatic heterocycles. The molecule has 0 bridgehead atoms. The summed E-state index contributed by atoms with van der Waals surface area (Å²) in [6, 6.07) is 6.80. The van der Waals surface area contributed by atoms with E-state index in [0.717, 1.165) is 11.3 Å². The Bertz CT molecular complexity index is 471. The van der Waals surface area contributed by atoms with Crippen molar-refractivity contribution in [3.05, 3.63) is 42.5 Å². The van der Waals surface area contributed by atoms with Gasteiger partial charge in [-0.1, -0.05) is 18.2 Å². The van der Waals surface area contributed by atoms with E-state index in [1.54, 1.807) is 19.2 Å². The maximum atomic E-state index is 11.8. The Hall–Kier alpha value is -2.50. The first-order chi connectivity index (χ1) is 9.56. The van der Waals surface area contributed by atoms with Crippen molar-refractivity contribution in [3.63, 3.8) is 0 Å². The Labute approximate surface area is 117 Å². The second-order valence-corrected chi connectivity index (χ2v) is 4.07. The predicted octanol–water partition coefficient (Wildman–Crippen LogP) is 1.48. The van der Waals surface area contributed by atoms with Gasteiger partial charge in [0.1, 0.15) is 12.3 Å². The summed E-state index contributed by atoms with van der Waals surface area (Å²) in [5.74, 6) is -0.328. The molecule has 0 spiro atoms. The van der Waals surface area contributed by atoms with E-state index in [2.05, 4.69) is 11.9 Å². The summed E-state index contributed by atoms with van der Waals surface area (Å²) >= 11 is 0. The number of carbonyl (C=O) groups excluding carboxylic acids is 1. The summed E-state index contributed by atoms with van der Waals surface area (Å²) in [6.07, 6.45) is 1.48. The number of methoxy groups -OCH3 is 1. The van der Waals surface area contributed by atoms with E-state index in [9.17, 15) is 9.59 Å². The molecule has 0 unspecified atom stereocenters. The van der Waals surface area contributed by atoms with Crippen LogP contribution in [0.3, 0.4) is 0 Å². The molecule has 0 saturated heterocycles. The summed E-state index contributed by atoms with van der Waals surface area (Å²) in [4.78, 5) is 23.7. The average Bonchev–Trinajstić information content (AvgIpc) is 2.44. The monoisotopic (exact) mass is 278 g/mol. The van der Waals surface area contributed by atoms with E-state index in [0.29, 0.717) is 6.54 Å². The molecule has 0 fully saturated rings. The van der Waals surface area contributed by atoms with Gasteiger partial charge in [-0.05, 0) is 17.7 Å². The van der Waals surface area contributed by atoms with Gasteiger partial charge in [-0.15, -0.1) is 6.58 Å². The van der Waals surface area contributed by atoms with Crippen LogP contribution in [-0.2, 0) is 11.3 Å². The van der Waals surface area contributed by atoms with Crippen LogP contribution in [-0.4, -0.2) is 42.2 Å². The van der Waals surface area contributed by atoms with Crippen molar-refractivity contribution in [2.45, 2.75) is 6.54 Å². The first-order valence-electron chi connectivity index (χ1n) is 6.05. The van der Waals surface area contributed by atoms with E-state index in [1.807, 2.05) is 12.1 Å². The van der Waals surface area contributed by atoms with E-state index in [-0.39, 0.29) is 13.1 Å². The topological polar surface area (TPSA) is 78.9 Å². The number of hydrogen-bond acceptors (Lipinski definition) is 3. The predicted molar refractivity (Wildman–Crippen MR) is 74.6 cm³/mol. The summed E-state index contributed by atoms with van der Waals surface area (Å²) in [6.45, 7) is 3.64. The van der Waals surface area contributed by atoms with Crippen molar-refractivity contribution < 1.29 is 19.4 Å². The summed E-state index contributed by atoms with van der Waals surface area (Å²) < 4.78 is 5.04.